The third-order valence-electron chi connectivity index (χ3n) is 4.86. The van der Waals surface area contributed by atoms with E-state index in [1.54, 1.807) is 12.3 Å². The second kappa shape index (κ2) is 9.82. The molecule has 2 aromatic rings. The highest BCUT2D eigenvalue weighted by atomic mass is 19.1. The Kier molecular flexibility index (Phi) is 6.95. The quantitative estimate of drug-likeness (QED) is 0.657. The Morgan fingerprint density at radius 3 is 2.76 bits per heavy atom. The lowest BCUT2D eigenvalue weighted by atomic mass is 9.85. The molecule has 0 aliphatic heterocycles. The van der Waals surface area contributed by atoms with Crippen molar-refractivity contribution >= 4 is 5.97 Å². The lowest BCUT2D eigenvalue weighted by molar-refractivity contribution is -0.142. The van der Waals surface area contributed by atoms with Crippen LogP contribution in [0.3, 0.4) is 0 Å². The second-order valence-electron chi connectivity index (χ2n) is 6.90. The minimum atomic E-state index is -0.611. The number of nitrogens with zero attached hydrogens (tertiary/aromatic N) is 3. The summed E-state index contributed by atoms with van der Waals surface area (Å²) in [6, 6.07) is 7.55. The van der Waals surface area contributed by atoms with Crippen LogP contribution >= 0.6 is 0 Å². The van der Waals surface area contributed by atoms with Crippen LogP contribution in [0.4, 0.5) is 4.39 Å². The Morgan fingerprint density at radius 1 is 1.28 bits per heavy atom. The fraction of sp³-hybridized carbons (Fsp3) is 0.429. The highest BCUT2D eigenvalue weighted by Crippen LogP contribution is 2.29. The van der Waals surface area contributed by atoms with Crippen molar-refractivity contribution in [1.29, 1.82) is 5.26 Å². The summed E-state index contributed by atoms with van der Waals surface area (Å²) in [7, 11) is 1.41. The van der Waals surface area contributed by atoms with Gasteiger partial charge in [0.05, 0.1) is 18.7 Å². The number of esters is 1. The topological polar surface area (TPSA) is 94.3 Å². The molecule has 0 unspecified atom stereocenters. The van der Waals surface area contributed by atoms with Gasteiger partial charge >= 0.3 is 5.97 Å². The number of carbonyl (C=O) groups excluding carboxylic acids is 1. The van der Waals surface area contributed by atoms with Gasteiger partial charge in [0, 0.05) is 18.7 Å². The first-order chi connectivity index (χ1) is 14.1. The molecule has 1 aromatic heterocycles. The molecular weight excluding hydrogens is 377 g/mol. The molecule has 0 atom stereocenters. The Bertz CT molecular complexity index is 892. The van der Waals surface area contributed by atoms with Gasteiger partial charge in [0.15, 0.2) is 17.4 Å². The first-order valence-electron chi connectivity index (χ1n) is 9.45. The molecule has 152 valence electrons. The molecule has 1 aromatic carbocycles. The van der Waals surface area contributed by atoms with Crippen LogP contribution in [0, 0.1) is 23.1 Å². The van der Waals surface area contributed by atoms with Crippen molar-refractivity contribution in [2.75, 3.05) is 7.11 Å². The molecule has 3 rings (SSSR count). The van der Waals surface area contributed by atoms with Gasteiger partial charge in [-0.05, 0) is 49.8 Å². The zero-order chi connectivity index (χ0) is 20.6. The Morgan fingerprint density at radius 2 is 2.07 bits per heavy atom. The number of ether oxygens (including phenoxy) is 3. The van der Waals surface area contributed by atoms with Crippen molar-refractivity contribution in [3.63, 3.8) is 0 Å². The minimum Gasteiger partial charge on any atom is -0.483 e. The number of rotatable bonds is 7. The monoisotopic (exact) mass is 399 g/mol. The van der Waals surface area contributed by atoms with E-state index in [4.69, 9.17) is 19.5 Å². The molecule has 0 amide bonds. The third-order valence-corrected chi connectivity index (χ3v) is 4.86. The van der Waals surface area contributed by atoms with Crippen LogP contribution in [0.15, 0.2) is 30.5 Å². The Labute approximate surface area is 168 Å². The molecule has 1 aliphatic rings. The van der Waals surface area contributed by atoms with Gasteiger partial charge in [-0.15, -0.1) is 0 Å². The first-order valence-corrected chi connectivity index (χ1v) is 9.45. The van der Waals surface area contributed by atoms with Gasteiger partial charge in [0.2, 0.25) is 5.88 Å². The second-order valence-corrected chi connectivity index (χ2v) is 6.90. The highest BCUT2D eigenvalue weighted by molar-refractivity contribution is 5.69. The van der Waals surface area contributed by atoms with Crippen LogP contribution in [0.25, 0.3) is 0 Å². The van der Waals surface area contributed by atoms with Crippen molar-refractivity contribution < 1.29 is 23.4 Å². The Balaban J connectivity index is 1.51. The fourth-order valence-electron chi connectivity index (χ4n) is 3.29. The van der Waals surface area contributed by atoms with E-state index in [1.165, 1.54) is 19.2 Å². The normalized spacial score (nSPS) is 18.5. The number of nitriles is 1. The number of hydrogen-bond donors (Lipinski definition) is 0. The molecule has 1 saturated carbocycles. The van der Waals surface area contributed by atoms with E-state index in [-0.39, 0.29) is 30.0 Å². The van der Waals surface area contributed by atoms with Crippen LogP contribution in [-0.4, -0.2) is 29.2 Å². The lowest BCUT2D eigenvalue weighted by Gasteiger charge is -2.28. The number of hydrogen-bond acceptors (Lipinski definition) is 7. The van der Waals surface area contributed by atoms with Gasteiger partial charge in [-0.1, -0.05) is 0 Å². The van der Waals surface area contributed by atoms with Gasteiger partial charge in [0.1, 0.15) is 12.7 Å². The van der Waals surface area contributed by atoms with E-state index < -0.39 is 5.82 Å². The Hall–Kier alpha value is -3.21. The summed E-state index contributed by atoms with van der Waals surface area (Å²) in [6.07, 6.45) is 5.53. The standard InChI is InChI=1S/C21H22FN3O4/c1-27-21(26)11-14-2-5-16(6-3-14)29-20-8-9-24-19(25-20)13-28-18-7-4-15(12-23)10-17(18)22/h4,7-10,14,16H,2-3,5-6,11,13H2,1H3. The van der Waals surface area contributed by atoms with Gasteiger partial charge in [-0.2, -0.15) is 10.2 Å². The molecule has 0 radical (unpaired) electrons. The molecular formula is C21H22FN3O4. The lowest BCUT2D eigenvalue weighted by Crippen LogP contribution is -2.26. The zero-order valence-electron chi connectivity index (χ0n) is 16.1. The summed E-state index contributed by atoms with van der Waals surface area (Å²) < 4.78 is 30.0. The molecule has 1 aliphatic carbocycles. The number of halogens is 1. The molecule has 0 bridgehead atoms. The summed E-state index contributed by atoms with van der Waals surface area (Å²) in [5, 5.41) is 8.78. The van der Waals surface area contributed by atoms with Crippen LogP contribution in [-0.2, 0) is 16.1 Å². The molecule has 1 fully saturated rings. The average Bonchev–Trinajstić information content (AvgIpc) is 2.74. The maximum atomic E-state index is 13.9. The van der Waals surface area contributed by atoms with Crippen LogP contribution in [0.5, 0.6) is 11.6 Å². The van der Waals surface area contributed by atoms with Gasteiger partial charge in [0.25, 0.3) is 0 Å². The number of carbonyl (C=O) groups is 1. The van der Waals surface area contributed by atoms with Gasteiger partial charge < -0.3 is 14.2 Å². The maximum absolute atomic E-state index is 13.9. The SMILES string of the molecule is COC(=O)CC1CCC(Oc2ccnc(COc3ccc(C#N)cc3F)n2)CC1. The summed E-state index contributed by atoms with van der Waals surface area (Å²) >= 11 is 0. The molecule has 7 nitrogen and oxygen atoms in total. The molecule has 1 heterocycles. The third kappa shape index (κ3) is 5.88. The van der Waals surface area contributed by atoms with Crippen molar-refractivity contribution in [2.24, 2.45) is 5.92 Å². The predicted molar refractivity (Wildman–Crippen MR) is 100 cm³/mol. The van der Waals surface area contributed by atoms with E-state index in [0.29, 0.717) is 24.0 Å². The van der Waals surface area contributed by atoms with E-state index in [2.05, 4.69) is 9.97 Å². The summed E-state index contributed by atoms with van der Waals surface area (Å²) in [4.78, 5) is 19.8. The van der Waals surface area contributed by atoms with Crippen LogP contribution in [0.2, 0.25) is 0 Å². The van der Waals surface area contributed by atoms with Crippen molar-refractivity contribution in [3.05, 3.63) is 47.7 Å². The van der Waals surface area contributed by atoms with E-state index in [1.807, 2.05) is 6.07 Å². The number of methoxy groups -OCH3 is 1. The largest absolute Gasteiger partial charge is 0.483 e. The molecule has 0 spiro atoms. The minimum absolute atomic E-state index is 0.0219. The predicted octanol–water partition coefficient (Wildman–Crippen LogP) is 3.57. The fourth-order valence-corrected chi connectivity index (χ4v) is 3.29. The summed E-state index contributed by atoms with van der Waals surface area (Å²) in [5.74, 6) is 0.386. The average molecular weight is 399 g/mol. The van der Waals surface area contributed by atoms with Crippen LogP contribution in [0.1, 0.15) is 43.5 Å². The molecule has 29 heavy (non-hydrogen) atoms. The molecule has 8 heteroatoms. The highest BCUT2D eigenvalue weighted by Gasteiger charge is 2.24. The summed E-state index contributed by atoms with van der Waals surface area (Å²) in [5.41, 5.74) is 0.225. The zero-order valence-corrected chi connectivity index (χ0v) is 16.1. The first kappa shape index (κ1) is 20.5. The van der Waals surface area contributed by atoms with Gasteiger partial charge in [-0.25, -0.2) is 9.37 Å². The van der Waals surface area contributed by atoms with E-state index in [9.17, 15) is 9.18 Å². The van der Waals surface area contributed by atoms with E-state index in [0.717, 1.165) is 31.7 Å². The van der Waals surface area contributed by atoms with Gasteiger partial charge in [-0.3, -0.25) is 4.79 Å². The summed E-state index contributed by atoms with van der Waals surface area (Å²) in [6.45, 7) is -0.0219. The maximum Gasteiger partial charge on any atom is 0.305 e. The molecule has 0 saturated heterocycles. The smallest absolute Gasteiger partial charge is 0.305 e. The number of benzene rings is 1. The van der Waals surface area contributed by atoms with E-state index >= 15 is 0 Å². The van der Waals surface area contributed by atoms with Crippen molar-refractivity contribution in [3.8, 4) is 17.7 Å². The van der Waals surface area contributed by atoms with Crippen LogP contribution < -0.4 is 9.47 Å². The van der Waals surface area contributed by atoms with Crippen molar-refractivity contribution in [2.45, 2.75) is 44.8 Å². The number of aromatic nitrogens is 2. The van der Waals surface area contributed by atoms with Crippen molar-refractivity contribution in [1.82, 2.24) is 9.97 Å². The molecule has 0 N–H and O–H groups in total.